The molecule has 152 valence electrons. The maximum absolute atomic E-state index is 14.6. The fraction of sp³-hybridized carbons (Fsp3) is 0.571. The smallest absolute Gasteiger partial charge is 0.381 e. The van der Waals surface area contributed by atoms with Crippen LogP contribution in [-0.4, -0.2) is 39.4 Å². The Bertz CT molecular complexity index is 753. The Morgan fingerprint density at radius 2 is 1.33 bits per heavy atom. The van der Waals surface area contributed by atoms with Gasteiger partial charge in [0, 0.05) is 12.5 Å². The maximum atomic E-state index is 14.6. The van der Waals surface area contributed by atoms with Crippen molar-refractivity contribution in [2.45, 2.75) is 48.3 Å². The van der Waals surface area contributed by atoms with E-state index in [4.69, 9.17) is 0 Å². The Balaban J connectivity index is 2.66. The second-order valence-electron chi connectivity index (χ2n) is 6.32. The van der Waals surface area contributed by atoms with Crippen LogP contribution in [-0.2, 0) is 5.60 Å². The van der Waals surface area contributed by atoms with Gasteiger partial charge in [-0.1, -0.05) is 12.1 Å². The third-order valence-corrected chi connectivity index (χ3v) is 4.45. The normalized spacial score (nSPS) is 26.3. The number of nitro benzene ring substituents is 1. The fourth-order valence-corrected chi connectivity index (χ4v) is 2.97. The average Bonchev–Trinajstić information content (AvgIpc) is 2.57. The molecule has 1 aliphatic rings. The van der Waals surface area contributed by atoms with Crippen molar-refractivity contribution in [3.8, 4) is 0 Å². The minimum atomic E-state index is -6.78. The lowest BCUT2D eigenvalue weighted by molar-refractivity contribution is -0.386. The number of para-hydroxylation sites is 1. The average molecular weight is 411 g/mol. The summed E-state index contributed by atoms with van der Waals surface area (Å²) in [7, 11) is 0. The van der Waals surface area contributed by atoms with Crippen molar-refractivity contribution < 1.29 is 49.5 Å². The third-order valence-electron chi connectivity index (χ3n) is 4.45. The van der Waals surface area contributed by atoms with Gasteiger partial charge in [-0.05, 0) is 13.0 Å². The van der Waals surface area contributed by atoms with Crippen molar-refractivity contribution in [3.05, 3.63) is 39.9 Å². The van der Waals surface area contributed by atoms with Gasteiger partial charge in [0.15, 0.2) is 0 Å². The lowest BCUT2D eigenvalue weighted by Crippen LogP contribution is -2.57. The molecule has 2 rings (SSSR count). The predicted molar refractivity (Wildman–Crippen MR) is 70.9 cm³/mol. The molecule has 0 spiro atoms. The second kappa shape index (κ2) is 5.49. The highest BCUT2D eigenvalue weighted by Crippen LogP contribution is 2.71. The third kappa shape index (κ3) is 2.36. The number of benzene rings is 1. The molecule has 1 aromatic rings. The first-order valence-corrected chi connectivity index (χ1v) is 7.05. The Labute approximate surface area is 144 Å². The molecule has 1 fully saturated rings. The van der Waals surface area contributed by atoms with Crippen LogP contribution in [0, 0.1) is 10.1 Å². The van der Waals surface area contributed by atoms with E-state index < -0.39 is 57.6 Å². The van der Waals surface area contributed by atoms with Gasteiger partial charge in [-0.15, -0.1) is 0 Å². The molecule has 0 amide bonds. The molecule has 1 aliphatic carbocycles. The minimum Gasteiger partial charge on any atom is -0.385 e. The summed E-state index contributed by atoms with van der Waals surface area (Å²) < 4.78 is 123. The Hall–Kier alpha value is -2.05. The van der Waals surface area contributed by atoms with Crippen molar-refractivity contribution in [2.24, 2.45) is 0 Å². The van der Waals surface area contributed by atoms with Crippen molar-refractivity contribution in [1.82, 2.24) is 0 Å². The first-order valence-electron chi connectivity index (χ1n) is 7.05. The lowest BCUT2D eigenvalue weighted by Gasteiger charge is -2.36. The number of rotatable bonds is 4. The molecule has 1 atom stereocenters. The number of hydrogen-bond acceptors (Lipinski definition) is 3. The number of aliphatic hydroxyl groups is 1. The predicted octanol–water partition coefficient (Wildman–Crippen LogP) is 4.46. The molecule has 0 radical (unpaired) electrons. The van der Waals surface area contributed by atoms with Crippen LogP contribution in [0.3, 0.4) is 0 Å². The van der Waals surface area contributed by atoms with Gasteiger partial charge >= 0.3 is 23.7 Å². The van der Waals surface area contributed by atoms with Crippen molar-refractivity contribution >= 4 is 5.69 Å². The van der Waals surface area contributed by atoms with Crippen LogP contribution in [0.15, 0.2) is 24.3 Å². The van der Waals surface area contributed by atoms with Gasteiger partial charge in [-0.3, -0.25) is 10.1 Å². The van der Waals surface area contributed by atoms with Crippen LogP contribution in [0.4, 0.5) is 45.2 Å². The summed E-state index contributed by atoms with van der Waals surface area (Å²) in [5, 5.41) is 21.1. The zero-order chi connectivity index (χ0) is 21.3. The van der Waals surface area contributed by atoms with E-state index in [-0.39, 0.29) is 0 Å². The highest BCUT2D eigenvalue weighted by Gasteiger charge is 3.00. The maximum Gasteiger partial charge on any atom is 0.381 e. The van der Waals surface area contributed by atoms with Crippen LogP contribution < -0.4 is 0 Å². The SMILES string of the molecule is CC(O)(CC1(F)C(F)(F)C(F)(F)C(F)(F)C1(F)F)c1ccccc1[N+](=O)[O-]. The van der Waals surface area contributed by atoms with E-state index >= 15 is 0 Å². The van der Waals surface area contributed by atoms with Gasteiger partial charge in [-0.2, -0.15) is 35.1 Å². The molecule has 0 heterocycles. The molecule has 0 aliphatic heterocycles. The van der Waals surface area contributed by atoms with E-state index in [9.17, 15) is 54.7 Å². The molecule has 13 heteroatoms. The van der Waals surface area contributed by atoms with E-state index in [0.717, 1.165) is 12.1 Å². The van der Waals surface area contributed by atoms with Gasteiger partial charge in [0.05, 0.1) is 16.1 Å². The summed E-state index contributed by atoms with van der Waals surface area (Å²) in [5.74, 6) is -26.8. The number of halogens is 9. The summed E-state index contributed by atoms with van der Waals surface area (Å²) in [6.45, 7) is 0.331. The topological polar surface area (TPSA) is 63.4 Å². The molecule has 4 nitrogen and oxygen atoms in total. The molecule has 1 aromatic carbocycles. The number of alkyl halides is 9. The van der Waals surface area contributed by atoms with Crippen LogP contribution in [0.1, 0.15) is 18.9 Å². The lowest BCUT2D eigenvalue weighted by atomic mass is 9.80. The zero-order valence-corrected chi connectivity index (χ0v) is 13.1. The second-order valence-corrected chi connectivity index (χ2v) is 6.32. The highest BCUT2D eigenvalue weighted by molar-refractivity contribution is 5.44. The van der Waals surface area contributed by atoms with Gasteiger partial charge in [0.2, 0.25) is 0 Å². The monoisotopic (exact) mass is 411 g/mol. The molecule has 0 aromatic heterocycles. The van der Waals surface area contributed by atoms with Crippen LogP contribution in [0.5, 0.6) is 0 Å². The van der Waals surface area contributed by atoms with Crippen molar-refractivity contribution in [3.63, 3.8) is 0 Å². The van der Waals surface area contributed by atoms with Crippen LogP contribution in [0.2, 0.25) is 0 Å². The first-order chi connectivity index (χ1) is 11.9. The summed E-state index contributed by atoms with van der Waals surface area (Å²) in [6, 6.07) is 3.33. The molecule has 1 N–H and O–H groups in total. The molecule has 0 bridgehead atoms. The van der Waals surface area contributed by atoms with Gasteiger partial charge in [0.1, 0.15) is 0 Å². The zero-order valence-electron chi connectivity index (χ0n) is 13.1. The van der Waals surface area contributed by atoms with E-state index in [0.29, 0.717) is 19.1 Å². The number of nitro groups is 1. The molecule has 1 saturated carbocycles. The van der Waals surface area contributed by atoms with Gasteiger partial charge in [0.25, 0.3) is 11.4 Å². The summed E-state index contributed by atoms with van der Waals surface area (Å²) in [5.41, 5.74) is -11.3. The Kier molecular flexibility index (Phi) is 4.32. The van der Waals surface area contributed by atoms with E-state index in [1.807, 2.05) is 0 Å². The van der Waals surface area contributed by atoms with E-state index in [1.165, 1.54) is 0 Å². The van der Waals surface area contributed by atoms with Crippen LogP contribution in [0.25, 0.3) is 0 Å². The largest absolute Gasteiger partial charge is 0.385 e. The van der Waals surface area contributed by atoms with Gasteiger partial charge in [-0.25, -0.2) is 4.39 Å². The quantitative estimate of drug-likeness (QED) is 0.452. The highest BCUT2D eigenvalue weighted by atomic mass is 19.4. The standard InChI is InChI=1S/C14H10F9NO3/c1-9(25,7-4-2-3-5-8(7)24(26)27)6-10(15)11(16,17)13(20,21)14(22,23)12(10,18)19/h2-5,25H,6H2,1H3. The van der Waals surface area contributed by atoms with Crippen molar-refractivity contribution in [1.29, 1.82) is 0 Å². The molecule has 1 unspecified atom stereocenters. The van der Waals surface area contributed by atoms with Gasteiger partial charge < -0.3 is 5.11 Å². The first kappa shape index (κ1) is 21.3. The number of hydrogen-bond donors (Lipinski definition) is 1. The molecular weight excluding hydrogens is 401 g/mol. The summed E-state index contributed by atoms with van der Waals surface area (Å²) >= 11 is 0. The Morgan fingerprint density at radius 1 is 0.926 bits per heavy atom. The summed E-state index contributed by atoms with van der Waals surface area (Å²) in [4.78, 5) is 9.72. The minimum absolute atomic E-state index is 0.331. The van der Waals surface area contributed by atoms with Crippen LogP contribution >= 0.6 is 0 Å². The number of nitrogens with zero attached hydrogens (tertiary/aromatic N) is 1. The molecule has 0 saturated heterocycles. The van der Waals surface area contributed by atoms with E-state index in [2.05, 4.69) is 0 Å². The molecule has 27 heavy (non-hydrogen) atoms. The van der Waals surface area contributed by atoms with Crippen molar-refractivity contribution in [2.75, 3.05) is 0 Å². The van der Waals surface area contributed by atoms with E-state index in [1.54, 1.807) is 0 Å². The summed E-state index contributed by atoms with van der Waals surface area (Å²) in [6.07, 6.45) is -2.67. The molecular formula is C14H10F9NO3. The Morgan fingerprint density at radius 3 is 1.74 bits per heavy atom. The fourth-order valence-electron chi connectivity index (χ4n) is 2.97.